The fourth-order valence-electron chi connectivity index (χ4n) is 0.783. The topological polar surface area (TPSA) is 55.1 Å². The van der Waals surface area contributed by atoms with Gasteiger partial charge in [0.2, 0.25) is 0 Å². The van der Waals surface area contributed by atoms with E-state index in [9.17, 15) is 9.18 Å². The van der Waals surface area contributed by atoms with Crippen LogP contribution in [0.25, 0.3) is 0 Å². The molecule has 0 aliphatic carbocycles. The van der Waals surface area contributed by atoms with E-state index in [1.54, 1.807) is 0 Å². The van der Waals surface area contributed by atoms with Crippen LogP contribution in [0, 0.1) is 5.82 Å². The number of anilines is 1. The molecule has 0 aliphatic rings. The molecule has 0 saturated heterocycles. The van der Waals surface area contributed by atoms with Crippen LogP contribution in [-0.4, -0.2) is 6.29 Å². The van der Waals surface area contributed by atoms with Gasteiger partial charge in [0.25, 0.3) is 0 Å². The van der Waals surface area contributed by atoms with Crippen LogP contribution in [0.15, 0.2) is 18.2 Å². The van der Waals surface area contributed by atoms with Gasteiger partial charge in [-0.2, -0.15) is 0 Å². The van der Waals surface area contributed by atoms with Crippen LogP contribution in [0.1, 0.15) is 10.4 Å². The molecule has 0 aromatic heterocycles. The van der Waals surface area contributed by atoms with Crippen molar-refractivity contribution >= 4 is 12.0 Å². The maximum absolute atomic E-state index is 12.7. The largest absolute Gasteiger partial charge is 0.323 e. The molecule has 0 heterocycles. The zero-order chi connectivity index (χ0) is 8.27. The summed E-state index contributed by atoms with van der Waals surface area (Å²) >= 11 is 0. The molecule has 11 heavy (non-hydrogen) atoms. The number of hydrogen-bond donors (Lipinski definition) is 2. The van der Waals surface area contributed by atoms with E-state index < -0.39 is 5.82 Å². The summed E-state index contributed by atoms with van der Waals surface area (Å²) < 4.78 is 12.7. The van der Waals surface area contributed by atoms with Crippen molar-refractivity contribution in [2.75, 3.05) is 5.43 Å². The molecule has 0 saturated carbocycles. The van der Waals surface area contributed by atoms with Crippen molar-refractivity contribution in [1.82, 2.24) is 0 Å². The van der Waals surface area contributed by atoms with Gasteiger partial charge in [0.15, 0.2) is 6.29 Å². The Balaban J connectivity index is 3.24. The Labute approximate surface area is 63.0 Å². The lowest BCUT2D eigenvalue weighted by molar-refractivity contribution is 0.112. The highest BCUT2D eigenvalue weighted by molar-refractivity contribution is 5.84. The third kappa shape index (κ3) is 1.35. The van der Waals surface area contributed by atoms with Crippen LogP contribution in [0.3, 0.4) is 0 Å². The van der Waals surface area contributed by atoms with Crippen molar-refractivity contribution in [3.05, 3.63) is 29.6 Å². The van der Waals surface area contributed by atoms with E-state index in [0.717, 1.165) is 0 Å². The lowest BCUT2D eigenvalue weighted by atomic mass is 10.2. The summed E-state index contributed by atoms with van der Waals surface area (Å²) in [6.07, 6.45) is 0.421. The second-order valence-electron chi connectivity index (χ2n) is 1.96. The van der Waals surface area contributed by atoms with Gasteiger partial charge in [0.1, 0.15) is 5.82 Å². The van der Waals surface area contributed by atoms with E-state index >= 15 is 0 Å². The predicted molar refractivity (Wildman–Crippen MR) is 39.6 cm³/mol. The van der Waals surface area contributed by atoms with Gasteiger partial charge < -0.3 is 5.43 Å². The Morgan fingerprint density at radius 1 is 1.55 bits per heavy atom. The van der Waals surface area contributed by atoms with Crippen molar-refractivity contribution in [3.63, 3.8) is 0 Å². The molecule has 0 amide bonds. The Morgan fingerprint density at radius 3 is 2.73 bits per heavy atom. The normalized spacial score (nSPS) is 9.27. The van der Waals surface area contributed by atoms with E-state index in [2.05, 4.69) is 5.43 Å². The highest BCUT2D eigenvalue weighted by Gasteiger charge is 2.04. The number of rotatable bonds is 2. The van der Waals surface area contributed by atoms with Gasteiger partial charge in [-0.25, -0.2) is 4.39 Å². The van der Waals surface area contributed by atoms with Crippen LogP contribution in [0.4, 0.5) is 10.1 Å². The van der Waals surface area contributed by atoms with Gasteiger partial charge in [0.05, 0.1) is 11.3 Å². The molecule has 0 spiro atoms. The predicted octanol–water partition coefficient (Wildman–Crippen LogP) is 0.924. The molecule has 0 atom stereocenters. The van der Waals surface area contributed by atoms with Crippen LogP contribution in [0.5, 0.6) is 0 Å². The van der Waals surface area contributed by atoms with Gasteiger partial charge in [-0.1, -0.05) is 6.07 Å². The molecule has 4 heteroatoms. The number of benzene rings is 1. The summed E-state index contributed by atoms with van der Waals surface area (Å²) in [7, 11) is 0. The van der Waals surface area contributed by atoms with Crippen LogP contribution in [-0.2, 0) is 0 Å². The van der Waals surface area contributed by atoms with Crippen molar-refractivity contribution in [2.45, 2.75) is 0 Å². The Hall–Kier alpha value is -1.42. The number of hydrogen-bond acceptors (Lipinski definition) is 3. The number of nitrogens with one attached hydrogen (secondary N) is 1. The Bertz CT molecular complexity index is 275. The summed E-state index contributed by atoms with van der Waals surface area (Å²) in [4.78, 5) is 10.3. The SMILES string of the molecule is NNc1cccc(F)c1C=O. The third-order valence-corrected chi connectivity index (χ3v) is 1.33. The standard InChI is InChI=1S/C7H7FN2O/c8-6-2-1-3-7(10-9)5(6)4-11/h1-4,10H,9H2. The summed E-state index contributed by atoms with van der Waals surface area (Å²) in [6, 6.07) is 4.19. The molecule has 3 nitrogen and oxygen atoms in total. The Kier molecular flexibility index (Phi) is 2.18. The molecule has 0 bridgehead atoms. The lowest BCUT2D eigenvalue weighted by Crippen LogP contribution is -2.09. The van der Waals surface area contributed by atoms with Gasteiger partial charge in [-0.15, -0.1) is 0 Å². The first-order chi connectivity index (χ1) is 5.29. The van der Waals surface area contributed by atoms with Crippen LogP contribution < -0.4 is 11.3 Å². The van der Waals surface area contributed by atoms with E-state index in [1.807, 2.05) is 0 Å². The van der Waals surface area contributed by atoms with Crippen LogP contribution in [0.2, 0.25) is 0 Å². The average molecular weight is 154 g/mol. The minimum atomic E-state index is -0.574. The smallest absolute Gasteiger partial charge is 0.155 e. The van der Waals surface area contributed by atoms with Crippen molar-refractivity contribution in [1.29, 1.82) is 0 Å². The number of nitrogens with two attached hydrogens (primary N) is 1. The molecule has 0 fully saturated rings. The number of nitrogen functional groups attached to an aromatic ring is 1. The number of hydrazine groups is 1. The number of aldehydes is 1. The van der Waals surface area contributed by atoms with E-state index in [0.29, 0.717) is 12.0 Å². The molecule has 1 rings (SSSR count). The first kappa shape index (κ1) is 7.68. The highest BCUT2D eigenvalue weighted by atomic mass is 19.1. The monoisotopic (exact) mass is 154 g/mol. The number of carbonyl (C=O) groups excluding carboxylic acids is 1. The molecule has 1 aromatic carbocycles. The maximum Gasteiger partial charge on any atom is 0.155 e. The summed E-state index contributed by atoms with van der Waals surface area (Å²) in [6.45, 7) is 0. The minimum Gasteiger partial charge on any atom is -0.323 e. The first-order valence-electron chi connectivity index (χ1n) is 3.00. The molecular weight excluding hydrogens is 147 g/mol. The zero-order valence-electron chi connectivity index (χ0n) is 5.67. The van der Waals surface area contributed by atoms with Gasteiger partial charge in [-0.3, -0.25) is 10.6 Å². The number of halogens is 1. The fourth-order valence-corrected chi connectivity index (χ4v) is 0.783. The number of carbonyl (C=O) groups is 1. The molecule has 0 unspecified atom stereocenters. The third-order valence-electron chi connectivity index (χ3n) is 1.33. The molecule has 58 valence electrons. The van der Waals surface area contributed by atoms with Gasteiger partial charge in [0, 0.05) is 0 Å². The van der Waals surface area contributed by atoms with E-state index in [-0.39, 0.29) is 5.56 Å². The van der Waals surface area contributed by atoms with E-state index in [4.69, 9.17) is 5.84 Å². The minimum absolute atomic E-state index is 0.0463. The van der Waals surface area contributed by atoms with Gasteiger partial charge in [-0.05, 0) is 12.1 Å². The average Bonchev–Trinajstić information content (AvgIpc) is 2.04. The van der Waals surface area contributed by atoms with Crippen molar-refractivity contribution in [2.24, 2.45) is 5.84 Å². The molecular formula is C7H7FN2O. The Morgan fingerprint density at radius 2 is 2.27 bits per heavy atom. The molecule has 3 N–H and O–H groups in total. The lowest BCUT2D eigenvalue weighted by Gasteiger charge is -2.02. The quantitative estimate of drug-likeness (QED) is 0.378. The summed E-state index contributed by atoms with van der Waals surface area (Å²) in [5.74, 6) is 4.45. The zero-order valence-corrected chi connectivity index (χ0v) is 5.67. The summed E-state index contributed by atoms with van der Waals surface area (Å²) in [5, 5.41) is 0. The molecule has 0 aliphatic heterocycles. The maximum atomic E-state index is 12.7. The molecule has 0 radical (unpaired) electrons. The first-order valence-corrected chi connectivity index (χ1v) is 3.00. The summed E-state index contributed by atoms with van der Waals surface area (Å²) in [5.41, 5.74) is 2.46. The van der Waals surface area contributed by atoms with Crippen molar-refractivity contribution < 1.29 is 9.18 Å². The van der Waals surface area contributed by atoms with Crippen LogP contribution >= 0.6 is 0 Å². The second-order valence-corrected chi connectivity index (χ2v) is 1.96. The highest BCUT2D eigenvalue weighted by Crippen LogP contribution is 2.14. The second kappa shape index (κ2) is 3.12. The molecule has 1 aromatic rings. The van der Waals surface area contributed by atoms with Gasteiger partial charge >= 0.3 is 0 Å². The van der Waals surface area contributed by atoms with E-state index in [1.165, 1.54) is 18.2 Å². The van der Waals surface area contributed by atoms with Crippen molar-refractivity contribution in [3.8, 4) is 0 Å². The fraction of sp³-hybridized carbons (Fsp3) is 0.